The van der Waals surface area contributed by atoms with Crippen LogP contribution < -0.4 is 0 Å². The normalized spacial score (nSPS) is 20.8. The molecule has 0 saturated carbocycles. The van der Waals surface area contributed by atoms with Gasteiger partial charge in [-0.2, -0.15) is 35.1 Å². The average Bonchev–Trinajstić information content (AvgIpc) is 2.13. The molecule has 0 N–H and O–H groups in total. The van der Waals surface area contributed by atoms with Gasteiger partial charge in [-0.25, -0.2) is 4.39 Å². The molecule has 0 fully saturated rings. The van der Waals surface area contributed by atoms with Crippen molar-refractivity contribution in [3.05, 3.63) is 0 Å². The topological polar surface area (TPSA) is 0 Å². The molecule has 0 saturated heterocycles. The van der Waals surface area contributed by atoms with Crippen LogP contribution in [0.15, 0.2) is 0 Å². The van der Waals surface area contributed by atoms with Gasteiger partial charge < -0.3 is 0 Å². The Bertz CT molecular complexity index is 317. The fraction of sp³-hybridized carbons (Fsp3) is 1.00. The van der Waals surface area contributed by atoms with Crippen molar-refractivity contribution < 1.29 is 39.5 Å². The lowest BCUT2D eigenvalue weighted by Crippen LogP contribution is -2.63. The van der Waals surface area contributed by atoms with Crippen LogP contribution in [0.2, 0.25) is 0 Å². The zero-order valence-corrected chi connectivity index (χ0v) is 11.9. The highest BCUT2D eigenvalue weighted by atomic mass is 127. The van der Waals surface area contributed by atoms with E-state index in [-0.39, 0.29) is 6.42 Å². The molecule has 0 amide bonds. The highest BCUT2D eigenvalue weighted by Crippen LogP contribution is 2.56. The first-order valence-electron chi connectivity index (χ1n) is 4.91. The van der Waals surface area contributed by atoms with Gasteiger partial charge >= 0.3 is 18.3 Å². The van der Waals surface area contributed by atoms with E-state index in [4.69, 9.17) is 0 Å². The molecule has 0 aliphatic carbocycles. The van der Waals surface area contributed by atoms with Crippen LogP contribution in [-0.2, 0) is 0 Å². The molecule has 116 valence electrons. The SMILES string of the molecule is CCC(C)(I)CC(F)(C(F)(F)F)C(F)(F)C(F)(F)F. The molecule has 0 nitrogen and oxygen atoms in total. The van der Waals surface area contributed by atoms with Gasteiger partial charge in [0.15, 0.2) is 0 Å². The molecule has 0 aromatic carbocycles. The molecule has 0 rings (SSSR count). The number of rotatable bonds is 4. The van der Waals surface area contributed by atoms with E-state index in [1.807, 2.05) is 0 Å². The minimum Gasteiger partial charge on any atom is -0.227 e. The highest BCUT2D eigenvalue weighted by Gasteiger charge is 2.81. The Morgan fingerprint density at radius 3 is 1.37 bits per heavy atom. The molecule has 19 heavy (non-hydrogen) atoms. The number of alkyl halides is 10. The summed E-state index contributed by atoms with van der Waals surface area (Å²) >= 11 is 1.23. The molecule has 0 aliphatic rings. The van der Waals surface area contributed by atoms with Crippen LogP contribution in [0.5, 0.6) is 0 Å². The third-order valence-electron chi connectivity index (χ3n) is 2.65. The van der Waals surface area contributed by atoms with Crippen LogP contribution in [0.25, 0.3) is 0 Å². The van der Waals surface area contributed by atoms with Crippen molar-refractivity contribution in [1.82, 2.24) is 0 Å². The van der Waals surface area contributed by atoms with Crippen molar-refractivity contribution in [1.29, 1.82) is 0 Å². The summed E-state index contributed by atoms with van der Waals surface area (Å²) in [5, 5.41) is 0. The second-order valence-corrected chi connectivity index (χ2v) is 6.92. The van der Waals surface area contributed by atoms with Gasteiger partial charge in [-0.1, -0.05) is 36.4 Å². The van der Waals surface area contributed by atoms with Gasteiger partial charge in [-0.05, 0) is 6.42 Å². The van der Waals surface area contributed by atoms with Crippen molar-refractivity contribution >= 4 is 22.6 Å². The molecule has 0 bridgehead atoms. The van der Waals surface area contributed by atoms with Crippen LogP contribution in [-0.4, -0.2) is 27.4 Å². The first-order valence-corrected chi connectivity index (χ1v) is 5.99. The van der Waals surface area contributed by atoms with Crippen molar-refractivity contribution in [3.63, 3.8) is 0 Å². The van der Waals surface area contributed by atoms with E-state index in [1.54, 1.807) is 0 Å². The van der Waals surface area contributed by atoms with Crippen LogP contribution in [0.1, 0.15) is 26.7 Å². The minimum atomic E-state index is -6.63. The summed E-state index contributed by atoms with van der Waals surface area (Å²) in [4.78, 5) is 0. The van der Waals surface area contributed by atoms with E-state index in [0.717, 1.165) is 6.92 Å². The molecule has 0 spiro atoms. The van der Waals surface area contributed by atoms with E-state index >= 15 is 0 Å². The molecule has 2 unspecified atom stereocenters. The Hall–Kier alpha value is 0.1000. The predicted molar refractivity (Wildman–Crippen MR) is 58.2 cm³/mol. The van der Waals surface area contributed by atoms with Gasteiger partial charge in [-0.15, -0.1) is 0 Å². The Balaban J connectivity index is 5.84. The highest BCUT2D eigenvalue weighted by molar-refractivity contribution is 14.1. The van der Waals surface area contributed by atoms with Gasteiger partial charge in [0.05, 0.1) is 0 Å². The van der Waals surface area contributed by atoms with Gasteiger partial charge in [0, 0.05) is 9.84 Å². The fourth-order valence-electron chi connectivity index (χ4n) is 1.25. The van der Waals surface area contributed by atoms with E-state index in [0.29, 0.717) is 0 Å². The van der Waals surface area contributed by atoms with Gasteiger partial charge in [0.25, 0.3) is 5.67 Å². The minimum absolute atomic E-state index is 0.205. The lowest BCUT2D eigenvalue weighted by molar-refractivity contribution is -0.385. The van der Waals surface area contributed by atoms with E-state index in [1.165, 1.54) is 29.5 Å². The molecular weight excluding hydrogens is 406 g/mol. The summed E-state index contributed by atoms with van der Waals surface area (Å²) < 4.78 is 111. The van der Waals surface area contributed by atoms with Gasteiger partial charge in [0.2, 0.25) is 0 Å². The largest absolute Gasteiger partial charge is 0.457 e. The quantitative estimate of drug-likeness (QED) is 0.325. The number of halogens is 10. The zero-order valence-electron chi connectivity index (χ0n) is 9.69. The van der Waals surface area contributed by atoms with Gasteiger partial charge in [0.1, 0.15) is 0 Å². The second kappa shape index (κ2) is 5.14. The fourth-order valence-corrected chi connectivity index (χ4v) is 1.77. The first kappa shape index (κ1) is 19.1. The Kier molecular flexibility index (Phi) is 5.16. The maximum absolute atomic E-state index is 13.7. The van der Waals surface area contributed by atoms with Crippen molar-refractivity contribution in [3.8, 4) is 0 Å². The standard InChI is InChI=1S/C9H10F9I/c1-3-5(2,19)4-6(10,8(13,14)15)7(11,12)9(16,17)18/h3-4H2,1-2H3. The molecule has 2 atom stereocenters. The number of hydrogen-bond donors (Lipinski definition) is 0. The Morgan fingerprint density at radius 1 is 0.789 bits per heavy atom. The molecule has 0 radical (unpaired) electrons. The molecule has 0 aromatic heterocycles. The molecular formula is C9H10F9I. The monoisotopic (exact) mass is 416 g/mol. The third kappa shape index (κ3) is 3.60. The molecule has 10 heteroatoms. The van der Waals surface area contributed by atoms with Crippen LogP contribution >= 0.6 is 22.6 Å². The summed E-state index contributed by atoms with van der Waals surface area (Å²) in [5.41, 5.74) is -5.66. The van der Waals surface area contributed by atoms with E-state index in [9.17, 15) is 39.5 Å². The zero-order chi connectivity index (χ0) is 15.9. The summed E-state index contributed by atoms with van der Waals surface area (Å²) in [5.74, 6) is -6.51. The van der Waals surface area contributed by atoms with E-state index in [2.05, 4.69) is 0 Å². The summed E-state index contributed by atoms with van der Waals surface area (Å²) in [6.07, 6.45) is -15.2. The van der Waals surface area contributed by atoms with Crippen molar-refractivity contribution in [2.45, 2.75) is 54.1 Å². The maximum atomic E-state index is 13.7. The lowest BCUT2D eigenvalue weighted by Gasteiger charge is -2.39. The van der Waals surface area contributed by atoms with Gasteiger partial charge in [-0.3, -0.25) is 0 Å². The predicted octanol–water partition coefficient (Wildman–Crippen LogP) is 5.45. The van der Waals surface area contributed by atoms with E-state index < -0.39 is 33.8 Å². The van der Waals surface area contributed by atoms with Crippen molar-refractivity contribution in [2.75, 3.05) is 0 Å². The molecule has 0 heterocycles. The Labute approximate surface area is 116 Å². The average molecular weight is 416 g/mol. The number of hydrogen-bond acceptors (Lipinski definition) is 0. The van der Waals surface area contributed by atoms with Crippen LogP contribution in [0.3, 0.4) is 0 Å². The van der Waals surface area contributed by atoms with Crippen LogP contribution in [0, 0.1) is 0 Å². The summed E-state index contributed by atoms with van der Waals surface area (Å²) in [6, 6.07) is 0. The molecule has 0 aliphatic heterocycles. The molecule has 0 aromatic rings. The third-order valence-corrected chi connectivity index (χ3v) is 3.80. The van der Waals surface area contributed by atoms with Crippen LogP contribution in [0.4, 0.5) is 39.5 Å². The lowest BCUT2D eigenvalue weighted by atomic mass is 9.85. The first-order chi connectivity index (χ1) is 8.02. The summed E-state index contributed by atoms with van der Waals surface area (Å²) in [6.45, 7) is 2.23. The smallest absolute Gasteiger partial charge is 0.227 e. The second-order valence-electron chi connectivity index (χ2n) is 4.31. The van der Waals surface area contributed by atoms with Crippen molar-refractivity contribution in [2.24, 2.45) is 0 Å². The summed E-state index contributed by atoms with van der Waals surface area (Å²) in [7, 11) is 0. The Morgan fingerprint density at radius 2 is 1.16 bits per heavy atom. The maximum Gasteiger partial charge on any atom is 0.457 e.